The summed E-state index contributed by atoms with van der Waals surface area (Å²) < 4.78 is 0. The van der Waals surface area contributed by atoms with Crippen molar-refractivity contribution in [1.82, 2.24) is 0 Å². The van der Waals surface area contributed by atoms with Gasteiger partial charge in [0.15, 0.2) is 0 Å². The molecule has 1 heteroatoms. The third-order valence-electron chi connectivity index (χ3n) is 2.58. The van der Waals surface area contributed by atoms with E-state index in [2.05, 4.69) is 67.4 Å². The van der Waals surface area contributed by atoms with E-state index in [1.54, 1.807) is 0 Å². The van der Waals surface area contributed by atoms with Crippen LogP contribution in [0.1, 0.15) is 40.2 Å². The highest BCUT2D eigenvalue weighted by Crippen LogP contribution is 2.23. The summed E-state index contributed by atoms with van der Waals surface area (Å²) in [6.07, 6.45) is 8.51. The highest BCUT2D eigenvalue weighted by Gasteiger charge is 2.12. The lowest BCUT2D eigenvalue weighted by Crippen LogP contribution is -2.27. The van der Waals surface area contributed by atoms with Gasteiger partial charge >= 0.3 is 0 Å². The number of anilines is 1. The van der Waals surface area contributed by atoms with Crippen LogP contribution in [0.15, 0.2) is 48.7 Å². The number of hydrogen-bond donors (Lipinski definition) is 0. The Labute approximate surface area is 113 Å². The van der Waals surface area contributed by atoms with E-state index < -0.39 is 0 Å². The Morgan fingerprint density at radius 1 is 0.944 bits per heavy atom. The fourth-order valence-electron chi connectivity index (χ4n) is 1.75. The Balaban J connectivity index is 0.000000659. The van der Waals surface area contributed by atoms with Crippen molar-refractivity contribution in [3.05, 3.63) is 54.3 Å². The molecule has 0 saturated heterocycles. The largest absolute Gasteiger partial charge is 0.341 e. The van der Waals surface area contributed by atoms with Gasteiger partial charge in [-0.05, 0) is 31.6 Å². The summed E-state index contributed by atoms with van der Waals surface area (Å²) >= 11 is 0. The Bertz CT molecular complexity index is 377. The van der Waals surface area contributed by atoms with Crippen LogP contribution in [0.25, 0.3) is 0 Å². The number of allylic oxidation sites excluding steroid dienone is 2. The van der Waals surface area contributed by atoms with Crippen LogP contribution in [0.3, 0.4) is 0 Å². The summed E-state index contributed by atoms with van der Waals surface area (Å²) in [5.74, 6) is 0. The average molecular weight is 245 g/mol. The first kappa shape index (κ1) is 16.5. The molecule has 0 saturated carbocycles. The molecule has 0 aliphatic carbocycles. The van der Waals surface area contributed by atoms with Crippen LogP contribution in [0.4, 0.5) is 5.69 Å². The van der Waals surface area contributed by atoms with E-state index >= 15 is 0 Å². The second kappa shape index (κ2) is 9.52. The fraction of sp³-hybridized carbons (Fsp3) is 0.412. The molecule has 18 heavy (non-hydrogen) atoms. The van der Waals surface area contributed by atoms with Crippen LogP contribution >= 0.6 is 0 Å². The molecule has 0 N–H and O–H groups in total. The van der Waals surface area contributed by atoms with Gasteiger partial charge in [-0.25, -0.2) is 0 Å². The standard InChI is InChI=1S/C13H15N.2C2H6/c1-11-7-3-4-9-13(11)14-10-6-5-8-12(14)2;2*1-2/h3-10,12H,1-2H3;2*1-2H3/t12-;;/m0../s1. The van der Waals surface area contributed by atoms with E-state index in [4.69, 9.17) is 0 Å². The number of rotatable bonds is 1. The molecule has 0 spiro atoms. The molecule has 1 nitrogen and oxygen atoms in total. The van der Waals surface area contributed by atoms with Gasteiger partial charge in [0.05, 0.1) is 0 Å². The van der Waals surface area contributed by atoms with Crippen LogP contribution in [0.5, 0.6) is 0 Å². The smallest absolute Gasteiger partial charge is 0.0491 e. The number of para-hydroxylation sites is 1. The van der Waals surface area contributed by atoms with Crippen molar-refractivity contribution in [2.75, 3.05) is 4.90 Å². The Morgan fingerprint density at radius 2 is 1.56 bits per heavy atom. The molecule has 1 atom stereocenters. The molecule has 1 aromatic rings. The van der Waals surface area contributed by atoms with Crippen LogP contribution in [0.2, 0.25) is 0 Å². The lowest BCUT2D eigenvalue weighted by molar-refractivity contribution is 0.844. The molecule has 0 fully saturated rings. The molecule has 2 rings (SSSR count). The van der Waals surface area contributed by atoms with Crippen LogP contribution in [0, 0.1) is 6.92 Å². The minimum absolute atomic E-state index is 0.445. The maximum atomic E-state index is 2.29. The number of aryl methyl sites for hydroxylation is 1. The summed E-state index contributed by atoms with van der Waals surface area (Å²) in [5, 5.41) is 0. The maximum absolute atomic E-state index is 2.29. The van der Waals surface area contributed by atoms with E-state index in [1.807, 2.05) is 27.7 Å². The molecule has 1 heterocycles. The van der Waals surface area contributed by atoms with Crippen molar-refractivity contribution >= 4 is 5.69 Å². The minimum atomic E-state index is 0.445. The lowest BCUT2D eigenvalue weighted by atomic mass is 10.1. The van der Waals surface area contributed by atoms with Gasteiger partial charge in [-0.3, -0.25) is 0 Å². The fourth-order valence-corrected chi connectivity index (χ4v) is 1.75. The molecular formula is C17H27N. The van der Waals surface area contributed by atoms with Crippen molar-refractivity contribution in [1.29, 1.82) is 0 Å². The van der Waals surface area contributed by atoms with Gasteiger partial charge in [0.2, 0.25) is 0 Å². The molecule has 0 radical (unpaired) electrons. The molecule has 0 unspecified atom stereocenters. The van der Waals surface area contributed by atoms with E-state index in [0.717, 1.165) is 0 Å². The highest BCUT2D eigenvalue weighted by molar-refractivity contribution is 5.57. The zero-order valence-electron chi connectivity index (χ0n) is 12.6. The van der Waals surface area contributed by atoms with Gasteiger partial charge < -0.3 is 4.90 Å². The van der Waals surface area contributed by atoms with Gasteiger partial charge in [0, 0.05) is 17.9 Å². The Kier molecular flexibility index (Phi) is 8.73. The van der Waals surface area contributed by atoms with E-state index in [1.165, 1.54) is 11.3 Å². The molecule has 0 amide bonds. The van der Waals surface area contributed by atoms with Crippen LogP contribution in [-0.2, 0) is 0 Å². The SMILES string of the molecule is CC.CC.Cc1ccccc1N1C=CC=C[C@@H]1C. The predicted molar refractivity (Wildman–Crippen MR) is 84.1 cm³/mol. The van der Waals surface area contributed by atoms with E-state index in [0.29, 0.717) is 6.04 Å². The van der Waals surface area contributed by atoms with Crippen LogP contribution in [-0.4, -0.2) is 6.04 Å². The molecule has 0 bridgehead atoms. The van der Waals surface area contributed by atoms with Crippen molar-refractivity contribution in [3.8, 4) is 0 Å². The third-order valence-corrected chi connectivity index (χ3v) is 2.58. The quantitative estimate of drug-likeness (QED) is 0.646. The Hall–Kier alpha value is -1.50. The molecule has 100 valence electrons. The summed E-state index contributed by atoms with van der Waals surface area (Å²) in [5.41, 5.74) is 2.61. The summed E-state index contributed by atoms with van der Waals surface area (Å²) in [7, 11) is 0. The highest BCUT2D eigenvalue weighted by atomic mass is 15.1. The lowest BCUT2D eigenvalue weighted by Gasteiger charge is -2.28. The zero-order valence-corrected chi connectivity index (χ0v) is 12.6. The molecule has 1 aliphatic heterocycles. The second-order valence-corrected chi connectivity index (χ2v) is 3.66. The minimum Gasteiger partial charge on any atom is -0.341 e. The van der Waals surface area contributed by atoms with Gasteiger partial charge in [0.1, 0.15) is 0 Å². The first-order chi connectivity index (χ1) is 8.79. The first-order valence-corrected chi connectivity index (χ1v) is 6.98. The predicted octanol–water partition coefficient (Wildman–Crippen LogP) is 5.33. The number of nitrogens with zero attached hydrogens (tertiary/aromatic N) is 1. The number of hydrogen-bond acceptors (Lipinski definition) is 1. The molecule has 0 aromatic heterocycles. The summed E-state index contributed by atoms with van der Waals surface area (Å²) in [4.78, 5) is 2.29. The van der Waals surface area contributed by atoms with Gasteiger partial charge in [-0.1, -0.05) is 58.0 Å². The van der Waals surface area contributed by atoms with Gasteiger partial charge in [-0.2, -0.15) is 0 Å². The normalized spacial score (nSPS) is 16.3. The average Bonchev–Trinajstić information content (AvgIpc) is 2.45. The van der Waals surface area contributed by atoms with Crippen molar-refractivity contribution in [2.45, 2.75) is 47.6 Å². The first-order valence-electron chi connectivity index (χ1n) is 6.98. The molecule has 1 aromatic carbocycles. The summed E-state index contributed by atoms with van der Waals surface area (Å²) in [6.45, 7) is 12.3. The zero-order chi connectivity index (χ0) is 14.0. The Morgan fingerprint density at radius 3 is 2.11 bits per heavy atom. The van der Waals surface area contributed by atoms with E-state index in [-0.39, 0.29) is 0 Å². The topological polar surface area (TPSA) is 3.24 Å². The maximum Gasteiger partial charge on any atom is 0.0491 e. The van der Waals surface area contributed by atoms with Crippen molar-refractivity contribution in [2.24, 2.45) is 0 Å². The monoisotopic (exact) mass is 245 g/mol. The molecular weight excluding hydrogens is 218 g/mol. The van der Waals surface area contributed by atoms with E-state index in [9.17, 15) is 0 Å². The number of benzene rings is 1. The van der Waals surface area contributed by atoms with Gasteiger partial charge in [-0.15, -0.1) is 0 Å². The van der Waals surface area contributed by atoms with Crippen molar-refractivity contribution < 1.29 is 0 Å². The van der Waals surface area contributed by atoms with Crippen molar-refractivity contribution in [3.63, 3.8) is 0 Å². The second-order valence-electron chi connectivity index (χ2n) is 3.66. The van der Waals surface area contributed by atoms with Crippen LogP contribution < -0.4 is 4.90 Å². The van der Waals surface area contributed by atoms with Gasteiger partial charge in [0.25, 0.3) is 0 Å². The summed E-state index contributed by atoms with van der Waals surface area (Å²) in [6, 6.07) is 8.92. The molecule has 1 aliphatic rings. The third kappa shape index (κ3) is 4.40.